The van der Waals surface area contributed by atoms with Crippen molar-refractivity contribution in [1.82, 2.24) is 15.5 Å². The second kappa shape index (κ2) is 9.66. The molecular weight excluding hydrogens is 302 g/mol. The van der Waals surface area contributed by atoms with Gasteiger partial charge in [-0.15, -0.1) is 12.4 Å². The fourth-order valence-electron chi connectivity index (χ4n) is 2.81. The largest absolute Gasteiger partial charge is 0.496 e. The third-order valence-electron chi connectivity index (χ3n) is 3.90. The number of hydrogen-bond acceptors (Lipinski definition) is 4. The molecule has 0 radical (unpaired) electrons. The third kappa shape index (κ3) is 5.48. The molecule has 1 unspecified atom stereocenters. The molecule has 2 N–H and O–H groups in total. The molecule has 0 spiro atoms. The van der Waals surface area contributed by atoms with Crippen molar-refractivity contribution in [2.75, 3.05) is 40.3 Å². The summed E-state index contributed by atoms with van der Waals surface area (Å²) in [7, 11) is 3.62. The van der Waals surface area contributed by atoms with Gasteiger partial charge >= 0.3 is 0 Å². The van der Waals surface area contributed by atoms with E-state index >= 15 is 0 Å². The van der Waals surface area contributed by atoms with Crippen LogP contribution >= 0.6 is 12.4 Å². The number of ether oxygens (including phenoxy) is 1. The van der Waals surface area contributed by atoms with Gasteiger partial charge in [0.25, 0.3) is 0 Å². The first-order valence-electron chi connectivity index (χ1n) is 7.48. The molecule has 1 fully saturated rings. The zero-order chi connectivity index (χ0) is 15.1. The Bertz CT molecular complexity index is 470. The summed E-state index contributed by atoms with van der Waals surface area (Å²) in [4.78, 5) is 14.2. The Labute approximate surface area is 138 Å². The zero-order valence-corrected chi connectivity index (χ0v) is 14.1. The first-order valence-corrected chi connectivity index (χ1v) is 7.48. The van der Waals surface area contributed by atoms with Gasteiger partial charge in [0, 0.05) is 18.7 Å². The number of rotatable bonds is 7. The van der Waals surface area contributed by atoms with Gasteiger partial charge in [0.1, 0.15) is 5.75 Å². The normalized spacial score (nSPS) is 17.8. The van der Waals surface area contributed by atoms with Crippen LogP contribution in [0.3, 0.4) is 0 Å². The number of hydrogen-bond donors (Lipinski definition) is 2. The molecule has 124 valence electrons. The van der Waals surface area contributed by atoms with E-state index in [1.54, 1.807) is 7.11 Å². The van der Waals surface area contributed by atoms with Gasteiger partial charge in [0.2, 0.25) is 5.91 Å². The summed E-state index contributed by atoms with van der Waals surface area (Å²) in [5, 5.41) is 6.17. The lowest BCUT2D eigenvalue weighted by Gasteiger charge is -2.16. The van der Waals surface area contributed by atoms with Gasteiger partial charge in [-0.3, -0.25) is 9.69 Å². The molecule has 0 saturated carbocycles. The Morgan fingerprint density at radius 3 is 2.91 bits per heavy atom. The smallest absolute Gasteiger partial charge is 0.234 e. The molecule has 1 atom stereocenters. The predicted molar refractivity (Wildman–Crippen MR) is 90.6 cm³/mol. The number of methoxy groups -OCH3 is 1. The van der Waals surface area contributed by atoms with Gasteiger partial charge in [0.15, 0.2) is 0 Å². The molecule has 2 rings (SSSR count). The van der Waals surface area contributed by atoms with E-state index in [9.17, 15) is 4.79 Å². The lowest BCUT2D eigenvalue weighted by atomic mass is 10.1. The van der Waals surface area contributed by atoms with Crippen LogP contribution in [-0.2, 0) is 11.3 Å². The minimum atomic E-state index is 0. The molecule has 5 nitrogen and oxygen atoms in total. The van der Waals surface area contributed by atoms with Crippen LogP contribution in [0.2, 0.25) is 0 Å². The van der Waals surface area contributed by atoms with Gasteiger partial charge in [0.05, 0.1) is 13.7 Å². The molecular formula is C16H26ClN3O2. The lowest BCUT2D eigenvalue weighted by molar-refractivity contribution is -0.122. The van der Waals surface area contributed by atoms with Gasteiger partial charge in [-0.1, -0.05) is 18.2 Å². The van der Waals surface area contributed by atoms with E-state index in [2.05, 4.69) is 15.5 Å². The van der Waals surface area contributed by atoms with Crippen molar-refractivity contribution in [3.8, 4) is 5.75 Å². The second-order valence-corrected chi connectivity index (χ2v) is 5.54. The molecule has 1 aliphatic rings. The highest BCUT2D eigenvalue weighted by molar-refractivity contribution is 5.85. The fourth-order valence-corrected chi connectivity index (χ4v) is 2.81. The van der Waals surface area contributed by atoms with Crippen LogP contribution < -0.4 is 15.4 Å². The first-order chi connectivity index (χ1) is 10.2. The average molecular weight is 328 g/mol. The number of likely N-dealkylation sites (tertiary alicyclic amines) is 1. The molecule has 0 aromatic heterocycles. The molecule has 1 amide bonds. The number of nitrogens with zero attached hydrogens (tertiary/aromatic N) is 1. The highest BCUT2D eigenvalue weighted by Crippen LogP contribution is 2.17. The maximum absolute atomic E-state index is 12.0. The molecule has 1 heterocycles. The molecule has 22 heavy (non-hydrogen) atoms. The van der Waals surface area contributed by atoms with Crippen molar-refractivity contribution in [2.45, 2.75) is 13.0 Å². The summed E-state index contributed by atoms with van der Waals surface area (Å²) in [6.07, 6.45) is 1.17. The minimum Gasteiger partial charge on any atom is -0.496 e. The third-order valence-corrected chi connectivity index (χ3v) is 3.90. The van der Waals surface area contributed by atoms with E-state index in [1.165, 1.54) is 6.42 Å². The van der Waals surface area contributed by atoms with E-state index in [1.807, 2.05) is 31.3 Å². The molecule has 1 saturated heterocycles. The number of carbonyl (C=O) groups excluding carboxylic acids is 1. The van der Waals surface area contributed by atoms with Crippen LogP contribution in [0.15, 0.2) is 24.3 Å². The van der Waals surface area contributed by atoms with Gasteiger partial charge < -0.3 is 15.4 Å². The Hall–Kier alpha value is -1.30. The second-order valence-electron chi connectivity index (χ2n) is 5.54. The van der Waals surface area contributed by atoms with Crippen LogP contribution in [0.25, 0.3) is 0 Å². The lowest BCUT2D eigenvalue weighted by Crippen LogP contribution is -2.36. The summed E-state index contributed by atoms with van der Waals surface area (Å²) in [6, 6.07) is 7.76. The van der Waals surface area contributed by atoms with Crippen molar-refractivity contribution in [3.05, 3.63) is 29.8 Å². The van der Waals surface area contributed by atoms with Crippen LogP contribution in [0, 0.1) is 5.92 Å². The molecule has 0 bridgehead atoms. The highest BCUT2D eigenvalue weighted by atomic mass is 35.5. The predicted octanol–water partition coefficient (Wildman–Crippen LogP) is 1.27. The standard InChI is InChI=1S/C16H25N3O2.ClH/c1-17-9-13-7-8-19(11-13)12-16(20)18-10-14-5-3-4-6-15(14)21-2;/h3-6,13,17H,7-12H2,1-2H3,(H,18,20);1H. The number of para-hydroxylation sites is 1. The zero-order valence-electron chi connectivity index (χ0n) is 13.3. The van der Waals surface area contributed by atoms with Gasteiger partial charge in [-0.2, -0.15) is 0 Å². The molecule has 1 aromatic carbocycles. The number of amides is 1. The Balaban J connectivity index is 0.00000242. The molecule has 0 aliphatic carbocycles. The summed E-state index contributed by atoms with van der Waals surface area (Å²) in [5.74, 6) is 1.55. The van der Waals surface area contributed by atoms with E-state index in [4.69, 9.17) is 4.74 Å². The highest BCUT2D eigenvalue weighted by Gasteiger charge is 2.23. The van der Waals surface area contributed by atoms with E-state index < -0.39 is 0 Å². The Morgan fingerprint density at radius 1 is 1.41 bits per heavy atom. The molecule has 1 aromatic rings. The van der Waals surface area contributed by atoms with Crippen LogP contribution in [0.5, 0.6) is 5.75 Å². The van der Waals surface area contributed by atoms with E-state index in [0.29, 0.717) is 19.0 Å². The van der Waals surface area contributed by atoms with Crippen LogP contribution in [0.4, 0.5) is 0 Å². The van der Waals surface area contributed by atoms with Gasteiger partial charge in [-0.25, -0.2) is 0 Å². The van der Waals surface area contributed by atoms with Crippen molar-refractivity contribution in [1.29, 1.82) is 0 Å². The summed E-state index contributed by atoms with van der Waals surface area (Å²) in [6.45, 7) is 4.03. The quantitative estimate of drug-likeness (QED) is 0.792. The minimum absolute atomic E-state index is 0. The molecule has 1 aliphatic heterocycles. The van der Waals surface area contributed by atoms with E-state index in [-0.39, 0.29) is 18.3 Å². The van der Waals surface area contributed by atoms with E-state index in [0.717, 1.165) is 30.9 Å². The summed E-state index contributed by atoms with van der Waals surface area (Å²) < 4.78 is 5.28. The Morgan fingerprint density at radius 2 is 2.18 bits per heavy atom. The number of halogens is 1. The van der Waals surface area contributed by atoms with Crippen molar-refractivity contribution in [3.63, 3.8) is 0 Å². The summed E-state index contributed by atoms with van der Waals surface area (Å²) in [5.41, 5.74) is 1.00. The maximum atomic E-state index is 12.0. The topological polar surface area (TPSA) is 53.6 Å². The van der Waals surface area contributed by atoms with Crippen LogP contribution in [-0.4, -0.2) is 51.1 Å². The van der Waals surface area contributed by atoms with Gasteiger partial charge in [-0.05, 0) is 38.5 Å². The average Bonchev–Trinajstić information content (AvgIpc) is 2.93. The monoisotopic (exact) mass is 327 g/mol. The first kappa shape index (κ1) is 18.7. The van der Waals surface area contributed by atoms with Crippen molar-refractivity contribution in [2.24, 2.45) is 5.92 Å². The molecule has 6 heteroatoms. The number of carbonyl (C=O) groups is 1. The SMILES string of the molecule is CNCC1CCN(CC(=O)NCc2ccccc2OC)C1.Cl. The van der Waals surface area contributed by atoms with Crippen LogP contribution in [0.1, 0.15) is 12.0 Å². The number of benzene rings is 1. The maximum Gasteiger partial charge on any atom is 0.234 e. The summed E-state index contributed by atoms with van der Waals surface area (Å²) >= 11 is 0. The van der Waals surface area contributed by atoms with Crippen molar-refractivity contribution < 1.29 is 9.53 Å². The fraction of sp³-hybridized carbons (Fsp3) is 0.562. The van der Waals surface area contributed by atoms with Crippen molar-refractivity contribution >= 4 is 18.3 Å². The number of nitrogens with one attached hydrogen (secondary N) is 2. The Kier molecular flexibility index (Phi) is 8.24.